The highest BCUT2D eigenvalue weighted by Gasteiger charge is 2.08. The van der Waals surface area contributed by atoms with Gasteiger partial charge in [-0.25, -0.2) is 0 Å². The summed E-state index contributed by atoms with van der Waals surface area (Å²) in [4.78, 5) is 2.29. The van der Waals surface area contributed by atoms with Crippen molar-refractivity contribution in [3.8, 4) is 0 Å². The molecule has 0 spiro atoms. The third-order valence-electron chi connectivity index (χ3n) is 1.94. The second-order valence-corrected chi connectivity index (χ2v) is 4.11. The fraction of sp³-hybridized carbons (Fsp3) is 1.00. The van der Waals surface area contributed by atoms with Crippen LogP contribution in [-0.2, 0) is 15.3 Å². The minimum Gasteiger partial charge on any atom is -0.379 e. The largest absolute Gasteiger partial charge is 0.379 e. The summed E-state index contributed by atoms with van der Waals surface area (Å²) in [5.41, 5.74) is 0. The maximum absolute atomic E-state index is 10.5. The van der Waals surface area contributed by atoms with E-state index in [1.165, 1.54) is 0 Å². The van der Waals surface area contributed by atoms with E-state index in [4.69, 9.17) is 9.52 Å². The van der Waals surface area contributed by atoms with Gasteiger partial charge in [0.15, 0.2) is 0 Å². The van der Waals surface area contributed by atoms with Gasteiger partial charge in [0, 0.05) is 29.4 Å². The zero-order valence-corrected chi connectivity index (χ0v) is 8.06. The molecule has 1 N–H and O–H groups in total. The van der Waals surface area contributed by atoms with Gasteiger partial charge in [0.2, 0.25) is 0 Å². The molecular formula is C7H16N2O2S. The Balaban J connectivity index is 2.05. The third-order valence-corrected chi connectivity index (χ3v) is 2.66. The Morgan fingerprint density at radius 3 is 2.67 bits per heavy atom. The minimum atomic E-state index is -1.69. The Morgan fingerprint density at radius 1 is 1.42 bits per heavy atom. The molecule has 0 aromatic carbocycles. The Hall–Kier alpha value is -0.130. The van der Waals surface area contributed by atoms with Gasteiger partial charge in [-0.05, 0) is 13.0 Å². The van der Waals surface area contributed by atoms with Crippen molar-refractivity contribution in [1.82, 2.24) is 4.90 Å². The Kier molecular flexibility index (Phi) is 4.57. The van der Waals surface area contributed by atoms with Gasteiger partial charge in [-0.2, -0.15) is 0 Å². The first-order valence-corrected chi connectivity index (χ1v) is 5.69. The van der Waals surface area contributed by atoms with Crippen LogP contribution >= 0.6 is 0 Å². The lowest BCUT2D eigenvalue weighted by Gasteiger charge is -2.26. The summed E-state index contributed by atoms with van der Waals surface area (Å²) in [6, 6.07) is 0. The lowest BCUT2D eigenvalue weighted by atomic mass is 10.4. The predicted octanol–water partition coefficient (Wildman–Crippen LogP) is -0.0479. The van der Waals surface area contributed by atoms with E-state index in [9.17, 15) is 4.21 Å². The first kappa shape index (κ1) is 9.95. The van der Waals surface area contributed by atoms with Crippen LogP contribution in [0.4, 0.5) is 0 Å². The average Bonchev–Trinajstić information content (AvgIpc) is 2.05. The first-order chi connectivity index (χ1) is 5.79. The van der Waals surface area contributed by atoms with Crippen LogP contribution in [0.15, 0.2) is 0 Å². The number of thiol groups is 1. The number of nitrogens with zero attached hydrogens (tertiary/aromatic N) is 1. The van der Waals surface area contributed by atoms with Gasteiger partial charge in [-0.15, -0.1) is 0 Å². The number of ether oxygens (including phenoxy) is 1. The van der Waals surface area contributed by atoms with Crippen LogP contribution in [-0.4, -0.2) is 47.7 Å². The van der Waals surface area contributed by atoms with Crippen LogP contribution in [0.25, 0.3) is 0 Å². The number of rotatable bonds is 4. The van der Waals surface area contributed by atoms with E-state index in [0.717, 1.165) is 39.3 Å². The molecule has 0 bridgehead atoms. The van der Waals surface area contributed by atoms with Gasteiger partial charge in [-0.1, -0.05) is 0 Å². The molecule has 0 aromatic rings. The highest BCUT2D eigenvalue weighted by atomic mass is 32.2. The van der Waals surface area contributed by atoms with Crippen molar-refractivity contribution >= 4 is 10.6 Å². The average molecular weight is 192 g/mol. The lowest BCUT2D eigenvalue weighted by Crippen LogP contribution is -2.37. The molecule has 1 rings (SSSR count). The molecule has 1 fully saturated rings. The molecule has 5 heteroatoms. The van der Waals surface area contributed by atoms with Gasteiger partial charge in [0.1, 0.15) is 0 Å². The highest BCUT2D eigenvalue weighted by molar-refractivity contribution is 7.73. The van der Waals surface area contributed by atoms with Crippen LogP contribution in [0.5, 0.6) is 0 Å². The molecule has 0 aromatic heterocycles. The van der Waals surface area contributed by atoms with Gasteiger partial charge in [0.05, 0.1) is 13.2 Å². The van der Waals surface area contributed by atoms with E-state index in [-0.39, 0.29) is 0 Å². The summed E-state index contributed by atoms with van der Waals surface area (Å²) >= 11 is 0. The lowest BCUT2D eigenvalue weighted by molar-refractivity contribution is 0.0381. The second-order valence-electron chi connectivity index (χ2n) is 2.91. The van der Waals surface area contributed by atoms with Crippen molar-refractivity contribution in [2.45, 2.75) is 6.42 Å². The van der Waals surface area contributed by atoms with Gasteiger partial charge in [0.25, 0.3) is 0 Å². The Bertz CT molecular complexity index is 180. The molecule has 0 saturated carbocycles. The van der Waals surface area contributed by atoms with Gasteiger partial charge >= 0.3 is 0 Å². The zero-order valence-electron chi connectivity index (χ0n) is 7.16. The van der Waals surface area contributed by atoms with Crippen LogP contribution in [0, 0.1) is 4.78 Å². The van der Waals surface area contributed by atoms with E-state index >= 15 is 0 Å². The third kappa shape index (κ3) is 4.04. The van der Waals surface area contributed by atoms with Crippen molar-refractivity contribution in [2.75, 3.05) is 38.6 Å². The number of morpholine rings is 1. The van der Waals surface area contributed by atoms with E-state index in [2.05, 4.69) is 4.90 Å². The topological polar surface area (TPSA) is 53.4 Å². The van der Waals surface area contributed by atoms with Crippen molar-refractivity contribution in [3.63, 3.8) is 0 Å². The molecule has 1 saturated heterocycles. The summed E-state index contributed by atoms with van der Waals surface area (Å²) in [6.45, 7) is 4.55. The molecule has 1 heterocycles. The molecule has 0 radical (unpaired) electrons. The molecule has 1 aliphatic heterocycles. The Labute approximate surface area is 74.9 Å². The maximum atomic E-state index is 10.5. The standard InChI is InChI=1S/C7H16N2O2S/c8-12(10)7-1-2-9-3-5-11-6-4-9/h8,12H,1-7H2. The van der Waals surface area contributed by atoms with E-state index in [1.807, 2.05) is 0 Å². The number of hydrogen-bond donors (Lipinski definition) is 2. The number of nitrogens with one attached hydrogen (secondary N) is 1. The fourth-order valence-electron chi connectivity index (χ4n) is 1.26. The molecule has 1 aliphatic rings. The summed E-state index contributed by atoms with van der Waals surface area (Å²) in [6.07, 6.45) is 0.874. The summed E-state index contributed by atoms with van der Waals surface area (Å²) in [5.74, 6) is 0.534. The number of hydrogen-bond acceptors (Lipinski definition) is 4. The molecule has 0 amide bonds. The monoisotopic (exact) mass is 192 g/mol. The van der Waals surface area contributed by atoms with Crippen molar-refractivity contribution < 1.29 is 8.95 Å². The second kappa shape index (κ2) is 5.50. The molecule has 1 atom stereocenters. The van der Waals surface area contributed by atoms with Crippen LogP contribution in [0.1, 0.15) is 6.42 Å². The van der Waals surface area contributed by atoms with Gasteiger partial charge in [-0.3, -0.25) is 13.9 Å². The molecule has 12 heavy (non-hydrogen) atoms. The van der Waals surface area contributed by atoms with Crippen LogP contribution in [0.2, 0.25) is 0 Å². The fourth-order valence-corrected chi connectivity index (χ4v) is 1.69. The predicted molar refractivity (Wildman–Crippen MR) is 49.0 cm³/mol. The molecular weight excluding hydrogens is 176 g/mol. The van der Waals surface area contributed by atoms with Crippen molar-refractivity contribution in [1.29, 1.82) is 4.78 Å². The summed E-state index contributed by atoms with van der Waals surface area (Å²) < 4.78 is 22.5. The smallest absolute Gasteiger partial charge is 0.0594 e. The normalized spacial score (nSPS) is 22.3. The van der Waals surface area contributed by atoms with Crippen LogP contribution in [0.3, 0.4) is 0 Å². The highest BCUT2D eigenvalue weighted by Crippen LogP contribution is 1.97. The van der Waals surface area contributed by atoms with E-state index in [0.29, 0.717) is 5.75 Å². The first-order valence-electron chi connectivity index (χ1n) is 4.25. The zero-order chi connectivity index (χ0) is 8.81. The molecule has 0 aliphatic carbocycles. The quantitative estimate of drug-likeness (QED) is 0.614. The van der Waals surface area contributed by atoms with E-state index in [1.54, 1.807) is 0 Å². The molecule has 1 unspecified atom stereocenters. The molecule has 72 valence electrons. The summed E-state index contributed by atoms with van der Waals surface area (Å²) in [5, 5.41) is 0. The van der Waals surface area contributed by atoms with Crippen molar-refractivity contribution in [3.05, 3.63) is 0 Å². The summed E-state index contributed by atoms with van der Waals surface area (Å²) in [7, 11) is -1.69. The minimum absolute atomic E-state index is 0.534. The molecule has 4 nitrogen and oxygen atoms in total. The SMILES string of the molecule is N=[SH](=O)CCCN1CCOCC1. The van der Waals surface area contributed by atoms with Crippen LogP contribution < -0.4 is 0 Å². The van der Waals surface area contributed by atoms with Gasteiger partial charge < -0.3 is 4.74 Å². The Morgan fingerprint density at radius 2 is 2.08 bits per heavy atom. The van der Waals surface area contributed by atoms with Crippen molar-refractivity contribution in [2.24, 2.45) is 0 Å². The van der Waals surface area contributed by atoms with E-state index < -0.39 is 10.6 Å². The maximum Gasteiger partial charge on any atom is 0.0594 e.